The Hall–Kier alpha value is -4.64. The maximum atomic E-state index is 11.9. The van der Waals surface area contributed by atoms with Crippen LogP contribution in [-0.2, 0) is 33.3 Å². The van der Waals surface area contributed by atoms with Crippen LogP contribution in [0, 0.1) is 0 Å². The van der Waals surface area contributed by atoms with Gasteiger partial charge in [0.15, 0.2) is 6.10 Å². The summed E-state index contributed by atoms with van der Waals surface area (Å²) < 4.78 is 27.0. The van der Waals surface area contributed by atoms with E-state index in [0.717, 1.165) is 24.8 Å². The Balaban J connectivity index is 1.87. The van der Waals surface area contributed by atoms with Crippen molar-refractivity contribution in [1.29, 1.82) is 0 Å². The first kappa shape index (κ1) is 29.9. The quantitative estimate of drug-likeness (QED) is 0.152. The average molecular weight is 554 g/mol. The molecule has 11 heteroatoms. The van der Waals surface area contributed by atoms with Crippen molar-refractivity contribution in [2.45, 2.75) is 52.3 Å². The zero-order valence-electron chi connectivity index (χ0n) is 22.7. The van der Waals surface area contributed by atoms with Gasteiger partial charge in [0.25, 0.3) is 0 Å². The average Bonchev–Trinajstić information content (AvgIpc) is 2.88. The number of carbonyl (C=O) groups is 3. The number of benzene rings is 2. The number of hydrogen-bond acceptors (Lipinski definition) is 11. The highest BCUT2D eigenvalue weighted by Crippen LogP contribution is 2.31. The second-order valence-electron chi connectivity index (χ2n) is 8.82. The van der Waals surface area contributed by atoms with Crippen LogP contribution in [0.5, 0.6) is 11.5 Å². The smallest absolute Gasteiger partial charge is 0.303 e. The van der Waals surface area contributed by atoms with Gasteiger partial charge in [-0.15, -0.1) is 0 Å². The Kier molecular flexibility index (Phi) is 10.0. The molecule has 0 aliphatic carbocycles. The minimum Gasteiger partial charge on any atom is -0.507 e. The summed E-state index contributed by atoms with van der Waals surface area (Å²) in [6.45, 7) is 4.92. The molecular formula is C29H31NO10. The number of esters is 3. The van der Waals surface area contributed by atoms with Crippen molar-refractivity contribution in [1.82, 2.24) is 4.98 Å². The van der Waals surface area contributed by atoms with Crippen molar-refractivity contribution in [3.63, 3.8) is 0 Å². The van der Waals surface area contributed by atoms with Crippen LogP contribution < -0.4 is 4.74 Å². The van der Waals surface area contributed by atoms with E-state index in [1.807, 2.05) is 30.3 Å². The van der Waals surface area contributed by atoms with Crippen LogP contribution in [0.4, 0.5) is 0 Å². The second kappa shape index (κ2) is 13.4. The van der Waals surface area contributed by atoms with Gasteiger partial charge in [0, 0.05) is 45.4 Å². The van der Waals surface area contributed by atoms with E-state index in [1.165, 1.54) is 45.2 Å². The summed E-state index contributed by atoms with van der Waals surface area (Å²) in [4.78, 5) is 39.7. The van der Waals surface area contributed by atoms with Crippen LogP contribution in [0.15, 0.2) is 54.6 Å². The lowest BCUT2D eigenvalue weighted by atomic mass is 10.1. The Labute approximate surface area is 230 Å². The molecule has 1 heterocycles. The number of ether oxygens (including phenoxy) is 5. The molecular weight excluding hydrogens is 522 g/mol. The Morgan fingerprint density at radius 2 is 1.52 bits per heavy atom. The van der Waals surface area contributed by atoms with E-state index in [9.17, 15) is 24.6 Å². The first-order valence-corrected chi connectivity index (χ1v) is 12.3. The van der Waals surface area contributed by atoms with Crippen LogP contribution in [0.1, 0.15) is 39.0 Å². The number of aliphatic hydroxyl groups is 1. The fraction of sp³-hybridized carbons (Fsp3) is 0.310. The summed E-state index contributed by atoms with van der Waals surface area (Å²) in [5.74, 6) is -2.59. The highest BCUT2D eigenvalue weighted by molar-refractivity contribution is 5.83. The van der Waals surface area contributed by atoms with Crippen molar-refractivity contribution in [3.8, 4) is 11.5 Å². The third-order valence-electron chi connectivity index (χ3n) is 5.64. The fourth-order valence-electron chi connectivity index (χ4n) is 3.98. The molecule has 3 rings (SSSR count). The van der Waals surface area contributed by atoms with E-state index in [0.29, 0.717) is 5.69 Å². The van der Waals surface area contributed by atoms with Gasteiger partial charge in [0.1, 0.15) is 23.4 Å². The van der Waals surface area contributed by atoms with Gasteiger partial charge in [0.05, 0.1) is 16.8 Å². The van der Waals surface area contributed by atoms with Crippen LogP contribution in [0.3, 0.4) is 0 Å². The van der Waals surface area contributed by atoms with E-state index >= 15 is 0 Å². The molecule has 0 spiro atoms. The second-order valence-corrected chi connectivity index (χ2v) is 8.82. The number of aromatic nitrogens is 1. The van der Waals surface area contributed by atoms with E-state index in [2.05, 4.69) is 4.98 Å². The summed E-state index contributed by atoms with van der Waals surface area (Å²) >= 11 is 0. The first-order valence-electron chi connectivity index (χ1n) is 12.3. The Bertz CT molecular complexity index is 1400. The number of para-hydroxylation sites is 1. The molecule has 11 nitrogen and oxygen atoms in total. The zero-order valence-corrected chi connectivity index (χ0v) is 22.7. The molecule has 0 unspecified atom stereocenters. The lowest BCUT2D eigenvalue weighted by Crippen LogP contribution is -2.51. The largest absolute Gasteiger partial charge is 0.507 e. The van der Waals surface area contributed by atoms with Crippen LogP contribution in [0.25, 0.3) is 22.7 Å². The van der Waals surface area contributed by atoms with E-state index < -0.39 is 42.5 Å². The van der Waals surface area contributed by atoms with E-state index in [-0.39, 0.29) is 22.8 Å². The number of aromatic hydroxyl groups is 1. The van der Waals surface area contributed by atoms with Crippen molar-refractivity contribution >= 4 is 40.6 Å². The van der Waals surface area contributed by atoms with Crippen molar-refractivity contribution in [2.75, 3.05) is 7.11 Å². The molecule has 0 amide bonds. The Morgan fingerprint density at radius 1 is 0.875 bits per heavy atom. The van der Waals surface area contributed by atoms with Crippen molar-refractivity contribution in [2.24, 2.45) is 0 Å². The molecule has 2 aromatic carbocycles. The van der Waals surface area contributed by atoms with Gasteiger partial charge < -0.3 is 33.9 Å². The van der Waals surface area contributed by atoms with Gasteiger partial charge in [-0.25, -0.2) is 4.98 Å². The SMILES string of the molecule is CO[C@@H](Oc1ccc(/C(O)=C/c2ccc3ccccc3n2)c(O)c1)[C@@H](OC(C)=O)[C@H](OC(C)=O)[C@@H](C)OC(C)=O. The first-order chi connectivity index (χ1) is 19.0. The Morgan fingerprint density at radius 3 is 2.15 bits per heavy atom. The lowest BCUT2D eigenvalue weighted by molar-refractivity contribution is -0.215. The number of pyridine rings is 1. The predicted molar refractivity (Wildman–Crippen MR) is 144 cm³/mol. The van der Waals surface area contributed by atoms with Gasteiger partial charge in [0.2, 0.25) is 12.4 Å². The van der Waals surface area contributed by atoms with Crippen LogP contribution >= 0.6 is 0 Å². The van der Waals surface area contributed by atoms with Crippen LogP contribution in [0.2, 0.25) is 0 Å². The standard InChI is InChI=1S/C29H31NO10/c1-16(37-17(2)31)27(38-18(3)32)28(39-19(4)33)29(36-5)40-22-12-13-23(26(35)15-22)25(34)14-21-11-10-20-8-6-7-9-24(20)30-21/h6-16,27-29,34-35H,1-5H3/b25-14-/t16-,27-,28+,29+/m1/s1. The molecule has 0 bridgehead atoms. The van der Waals surface area contributed by atoms with Gasteiger partial charge in [-0.2, -0.15) is 0 Å². The number of aliphatic hydroxyl groups excluding tert-OH is 1. The summed E-state index contributed by atoms with van der Waals surface area (Å²) in [5, 5.41) is 22.3. The highest BCUT2D eigenvalue weighted by Gasteiger charge is 2.41. The molecule has 0 radical (unpaired) electrons. The van der Waals surface area contributed by atoms with Gasteiger partial charge in [-0.3, -0.25) is 14.4 Å². The number of rotatable bonds is 11. The molecule has 0 aliphatic heterocycles. The van der Waals surface area contributed by atoms with Crippen LogP contribution in [-0.4, -0.2) is 64.8 Å². The summed E-state index contributed by atoms with van der Waals surface area (Å²) in [7, 11) is 1.27. The number of phenolic OH excluding ortho intramolecular Hbond substituents is 1. The molecule has 0 saturated heterocycles. The highest BCUT2D eigenvalue weighted by atomic mass is 16.7. The normalized spacial score (nSPS) is 14.5. The molecule has 40 heavy (non-hydrogen) atoms. The molecule has 0 fully saturated rings. The number of hydrogen-bond donors (Lipinski definition) is 2. The zero-order chi connectivity index (χ0) is 29.4. The van der Waals surface area contributed by atoms with Gasteiger partial charge in [-0.05, 0) is 31.2 Å². The van der Waals surface area contributed by atoms with Gasteiger partial charge >= 0.3 is 17.9 Å². The fourth-order valence-corrected chi connectivity index (χ4v) is 3.98. The number of methoxy groups -OCH3 is 1. The third kappa shape index (κ3) is 7.93. The maximum Gasteiger partial charge on any atom is 0.303 e. The molecule has 0 aliphatic rings. The van der Waals surface area contributed by atoms with Gasteiger partial charge in [-0.1, -0.05) is 24.3 Å². The number of nitrogens with zero attached hydrogens (tertiary/aromatic N) is 1. The summed E-state index contributed by atoms with van der Waals surface area (Å²) in [5.41, 5.74) is 1.34. The maximum absolute atomic E-state index is 11.9. The van der Waals surface area contributed by atoms with Crippen molar-refractivity contribution < 1.29 is 48.3 Å². The molecule has 3 aromatic rings. The minimum atomic E-state index is -1.37. The van der Waals surface area contributed by atoms with Crippen molar-refractivity contribution in [3.05, 3.63) is 65.9 Å². The summed E-state index contributed by atoms with van der Waals surface area (Å²) in [6, 6.07) is 15.2. The topological polar surface area (TPSA) is 151 Å². The molecule has 0 saturated carbocycles. The molecule has 1 aromatic heterocycles. The lowest BCUT2D eigenvalue weighted by Gasteiger charge is -2.34. The molecule has 4 atom stereocenters. The minimum absolute atomic E-state index is 0.0728. The molecule has 2 N–H and O–H groups in total. The number of carbonyl (C=O) groups excluding carboxylic acids is 3. The number of phenols is 1. The molecule has 212 valence electrons. The van der Waals surface area contributed by atoms with E-state index in [4.69, 9.17) is 23.7 Å². The number of fused-ring (bicyclic) bond motifs is 1. The summed E-state index contributed by atoms with van der Waals surface area (Å²) in [6.07, 6.45) is -3.63. The van der Waals surface area contributed by atoms with E-state index in [1.54, 1.807) is 6.07 Å². The monoisotopic (exact) mass is 553 g/mol. The third-order valence-corrected chi connectivity index (χ3v) is 5.64. The predicted octanol–water partition coefficient (Wildman–Crippen LogP) is 4.16.